The summed E-state index contributed by atoms with van der Waals surface area (Å²) in [5.41, 5.74) is 8.84. The Morgan fingerprint density at radius 1 is 1.27 bits per heavy atom. The first-order valence-electron chi connectivity index (χ1n) is 5.27. The number of rotatable bonds is 2. The highest BCUT2D eigenvalue weighted by Gasteiger charge is 2.11. The molecule has 0 saturated heterocycles. The highest BCUT2D eigenvalue weighted by molar-refractivity contribution is 5.86. The molecule has 0 fully saturated rings. The summed E-state index contributed by atoms with van der Waals surface area (Å²) < 4.78 is 0. The summed E-state index contributed by atoms with van der Waals surface area (Å²) in [6.07, 6.45) is 0.987. The molecular weight excluding hydrogens is 184 g/mol. The number of para-hydroxylation sites is 2. The summed E-state index contributed by atoms with van der Waals surface area (Å²) in [5, 5.41) is 0. The predicted octanol–water partition coefficient (Wildman–Crippen LogP) is 3.80. The Hall–Kier alpha value is -1.31. The first-order chi connectivity index (χ1) is 6.88. The van der Waals surface area contributed by atoms with Gasteiger partial charge in [-0.3, -0.25) is 4.99 Å². The molecule has 0 spiro atoms. The quantitative estimate of drug-likeness (QED) is 0.577. The maximum Gasteiger partial charge on any atom is 0.0858 e. The molecule has 0 bridgehead atoms. The molecule has 0 aliphatic heterocycles. The highest BCUT2D eigenvalue weighted by Crippen LogP contribution is 2.24. The number of anilines is 1. The van der Waals surface area contributed by atoms with Gasteiger partial charge in [0.15, 0.2) is 0 Å². The Balaban J connectivity index is 2.84. The van der Waals surface area contributed by atoms with Crippen LogP contribution >= 0.6 is 0 Å². The standard InChI is InChI=1S/C13H20N2/c1-10(9-13(2,3)4)15-12-8-6-5-7-11(12)14/h5-8H,9,14H2,1-4H3. The van der Waals surface area contributed by atoms with E-state index in [4.69, 9.17) is 5.73 Å². The SMILES string of the molecule is CC(CC(C)(C)C)=Nc1ccccc1N. The molecule has 1 aromatic rings. The third kappa shape index (κ3) is 4.15. The average molecular weight is 204 g/mol. The van der Waals surface area contributed by atoms with E-state index in [0.29, 0.717) is 0 Å². The first-order valence-corrected chi connectivity index (χ1v) is 5.27. The molecule has 0 saturated carbocycles. The molecule has 2 nitrogen and oxygen atoms in total. The fourth-order valence-corrected chi connectivity index (χ4v) is 1.60. The van der Waals surface area contributed by atoms with E-state index in [1.54, 1.807) is 0 Å². The van der Waals surface area contributed by atoms with E-state index in [-0.39, 0.29) is 5.41 Å². The Morgan fingerprint density at radius 2 is 1.87 bits per heavy atom. The second kappa shape index (κ2) is 4.47. The lowest BCUT2D eigenvalue weighted by molar-refractivity contribution is 0.433. The zero-order chi connectivity index (χ0) is 11.5. The van der Waals surface area contributed by atoms with Crippen LogP contribution in [0.15, 0.2) is 29.3 Å². The molecule has 0 aromatic heterocycles. The van der Waals surface area contributed by atoms with Crippen molar-refractivity contribution < 1.29 is 0 Å². The molecule has 2 heteroatoms. The van der Waals surface area contributed by atoms with Crippen molar-refractivity contribution in [3.63, 3.8) is 0 Å². The number of benzene rings is 1. The number of nitrogen functional groups attached to an aromatic ring is 1. The minimum atomic E-state index is 0.275. The Kier molecular flexibility index (Phi) is 3.51. The van der Waals surface area contributed by atoms with Crippen LogP contribution in [0.2, 0.25) is 0 Å². The molecule has 2 N–H and O–H groups in total. The van der Waals surface area contributed by atoms with Crippen molar-refractivity contribution in [3.8, 4) is 0 Å². The van der Waals surface area contributed by atoms with Crippen molar-refractivity contribution in [1.29, 1.82) is 0 Å². The monoisotopic (exact) mass is 204 g/mol. The van der Waals surface area contributed by atoms with Gasteiger partial charge in [0.1, 0.15) is 0 Å². The van der Waals surface area contributed by atoms with E-state index in [9.17, 15) is 0 Å². The van der Waals surface area contributed by atoms with Crippen molar-refractivity contribution in [1.82, 2.24) is 0 Å². The van der Waals surface area contributed by atoms with E-state index in [2.05, 4.69) is 32.7 Å². The number of hydrogen-bond donors (Lipinski definition) is 1. The predicted molar refractivity (Wildman–Crippen MR) is 67.7 cm³/mol. The fourth-order valence-electron chi connectivity index (χ4n) is 1.60. The van der Waals surface area contributed by atoms with Crippen molar-refractivity contribution in [2.24, 2.45) is 10.4 Å². The lowest BCUT2D eigenvalue weighted by Gasteiger charge is -2.17. The van der Waals surface area contributed by atoms with Crippen LogP contribution in [0.4, 0.5) is 11.4 Å². The fraction of sp³-hybridized carbons (Fsp3) is 0.462. The van der Waals surface area contributed by atoms with Gasteiger partial charge in [0.25, 0.3) is 0 Å². The van der Waals surface area contributed by atoms with Crippen LogP contribution in [0.5, 0.6) is 0 Å². The van der Waals surface area contributed by atoms with Gasteiger partial charge in [0.05, 0.1) is 11.4 Å². The lowest BCUT2D eigenvalue weighted by Crippen LogP contribution is -2.10. The Labute approximate surface area is 92.2 Å². The van der Waals surface area contributed by atoms with Crippen LogP contribution < -0.4 is 5.73 Å². The summed E-state index contributed by atoms with van der Waals surface area (Å²) in [5.74, 6) is 0. The molecule has 0 radical (unpaired) electrons. The molecule has 0 amide bonds. The highest BCUT2D eigenvalue weighted by atomic mass is 14.8. The van der Waals surface area contributed by atoms with Crippen molar-refractivity contribution in [2.45, 2.75) is 34.1 Å². The molecule has 82 valence electrons. The average Bonchev–Trinajstić information content (AvgIpc) is 2.05. The molecule has 15 heavy (non-hydrogen) atoms. The number of hydrogen-bond acceptors (Lipinski definition) is 2. The van der Waals surface area contributed by atoms with Gasteiger partial charge in [-0.15, -0.1) is 0 Å². The van der Waals surface area contributed by atoms with Gasteiger partial charge in [0.2, 0.25) is 0 Å². The van der Waals surface area contributed by atoms with Crippen LogP contribution in [0.3, 0.4) is 0 Å². The third-order valence-corrected chi connectivity index (χ3v) is 2.03. The Bertz CT molecular complexity index is 359. The van der Waals surface area contributed by atoms with Gasteiger partial charge in [-0.05, 0) is 30.9 Å². The summed E-state index contributed by atoms with van der Waals surface area (Å²) in [4.78, 5) is 4.54. The van der Waals surface area contributed by atoms with Gasteiger partial charge >= 0.3 is 0 Å². The zero-order valence-electron chi connectivity index (χ0n) is 10.0. The zero-order valence-corrected chi connectivity index (χ0v) is 10.0. The normalized spacial score (nSPS) is 12.9. The van der Waals surface area contributed by atoms with Gasteiger partial charge in [-0.2, -0.15) is 0 Å². The van der Waals surface area contributed by atoms with Gasteiger partial charge in [0, 0.05) is 5.71 Å². The van der Waals surface area contributed by atoms with Gasteiger partial charge in [-0.25, -0.2) is 0 Å². The Morgan fingerprint density at radius 3 is 2.40 bits per heavy atom. The second-order valence-electron chi connectivity index (χ2n) is 5.14. The molecule has 0 atom stereocenters. The van der Waals surface area contributed by atoms with E-state index >= 15 is 0 Å². The van der Waals surface area contributed by atoms with Crippen molar-refractivity contribution in [2.75, 3.05) is 5.73 Å². The van der Waals surface area contributed by atoms with Crippen LogP contribution in [-0.4, -0.2) is 5.71 Å². The second-order valence-corrected chi connectivity index (χ2v) is 5.14. The van der Waals surface area contributed by atoms with Gasteiger partial charge < -0.3 is 5.73 Å². The molecule has 0 aliphatic carbocycles. The van der Waals surface area contributed by atoms with Crippen LogP contribution in [-0.2, 0) is 0 Å². The molecule has 0 unspecified atom stereocenters. The number of nitrogens with two attached hydrogens (primary N) is 1. The minimum Gasteiger partial charge on any atom is -0.397 e. The molecular formula is C13H20N2. The molecule has 1 aromatic carbocycles. The van der Waals surface area contributed by atoms with Crippen LogP contribution in [0.25, 0.3) is 0 Å². The lowest BCUT2D eigenvalue weighted by atomic mass is 9.90. The van der Waals surface area contributed by atoms with E-state index in [1.807, 2.05) is 24.3 Å². The first kappa shape index (κ1) is 11.8. The minimum absolute atomic E-state index is 0.275. The summed E-state index contributed by atoms with van der Waals surface area (Å²) in [6, 6.07) is 7.71. The largest absolute Gasteiger partial charge is 0.397 e. The van der Waals surface area contributed by atoms with E-state index in [1.165, 1.54) is 0 Å². The van der Waals surface area contributed by atoms with Crippen LogP contribution in [0, 0.1) is 5.41 Å². The van der Waals surface area contributed by atoms with E-state index < -0.39 is 0 Å². The number of nitrogens with zero attached hydrogens (tertiary/aromatic N) is 1. The van der Waals surface area contributed by atoms with Crippen molar-refractivity contribution >= 4 is 17.1 Å². The molecule has 1 rings (SSSR count). The third-order valence-electron chi connectivity index (χ3n) is 2.03. The van der Waals surface area contributed by atoms with Gasteiger partial charge in [-0.1, -0.05) is 32.9 Å². The van der Waals surface area contributed by atoms with Crippen molar-refractivity contribution in [3.05, 3.63) is 24.3 Å². The van der Waals surface area contributed by atoms with E-state index in [0.717, 1.165) is 23.5 Å². The smallest absolute Gasteiger partial charge is 0.0858 e. The van der Waals surface area contributed by atoms with Crippen LogP contribution in [0.1, 0.15) is 34.1 Å². The molecule has 0 heterocycles. The topological polar surface area (TPSA) is 38.4 Å². The number of aliphatic imine (C=N–C) groups is 1. The molecule has 0 aliphatic rings. The maximum absolute atomic E-state index is 5.83. The summed E-state index contributed by atoms with van der Waals surface area (Å²) in [6.45, 7) is 8.68. The summed E-state index contributed by atoms with van der Waals surface area (Å²) >= 11 is 0. The summed E-state index contributed by atoms with van der Waals surface area (Å²) in [7, 11) is 0. The maximum atomic E-state index is 5.83.